The molecule has 1 aromatic heterocycles. The number of nitrogens with two attached hydrogens (primary N) is 1. The summed E-state index contributed by atoms with van der Waals surface area (Å²) in [6.45, 7) is 8.83. The maximum Gasteiger partial charge on any atom is 0.0556 e. The zero-order valence-electron chi connectivity index (χ0n) is 10.1. The standard InChI is InChI=1S/C12H22N2S/c1-5-8(2)6-11(14-13)12-7-9(3)10(4)15-12/h7-8,11,14H,5-6,13H2,1-4H3. The topological polar surface area (TPSA) is 38.0 Å². The first kappa shape index (κ1) is 12.7. The SMILES string of the molecule is CCC(C)CC(NN)c1cc(C)c(C)s1. The third-order valence-corrected chi connectivity index (χ3v) is 4.33. The Balaban J connectivity index is 2.74. The Morgan fingerprint density at radius 3 is 2.53 bits per heavy atom. The summed E-state index contributed by atoms with van der Waals surface area (Å²) in [6, 6.07) is 2.57. The molecule has 86 valence electrons. The second kappa shape index (κ2) is 5.64. The molecule has 1 aromatic rings. The molecule has 0 aliphatic rings. The van der Waals surface area contributed by atoms with Gasteiger partial charge in [0, 0.05) is 9.75 Å². The molecule has 0 amide bonds. The molecule has 2 atom stereocenters. The van der Waals surface area contributed by atoms with Crippen LogP contribution in [0.15, 0.2) is 6.07 Å². The number of thiophene rings is 1. The summed E-state index contributed by atoms with van der Waals surface area (Å²) in [6.07, 6.45) is 2.33. The molecule has 1 rings (SSSR count). The van der Waals surface area contributed by atoms with Crippen LogP contribution in [0.25, 0.3) is 0 Å². The highest BCUT2D eigenvalue weighted by Crippen LogP contribution is 2.30. The fourth-order valence-corrected chi connectivity index (χ4v) is 2.72. The van der Waals surface area contributed by atoms with Gasteiger partial charge in [0.05, 0.1) is 6.04 Å². The lowest BCUT2D eigenvalue weighted by Crippen LogP contribution is -2.28. The van der Waals surface area contributed by atoms with E-state index in [1.54, 1.807) is 0 Å². The van der Waals surface area contributed by atoms with Gasteiger partial charge in [0.15, 0.2) is 0 Å². The molecule has 0 aliphatic heterocycles. The first-order valence-corrected chi connectivity index (χ1v) is 6.43. The Morgan fingerprint density at radius 2 is 2.13 bits per heavy atom. The van der Waals surface area contributed by atoms with Crippen LogP contribution in [0.4, 0.5) is 0 Å². The molecule has 1 heterocycles. The number of rotatable bonds is 5. The Hall–Kier alpha value is -0.380. The van der Waals surface area contributed by atoms with Gasteiger partial charge in [-0.25, -0.2) is 0 Å². The second-order valence-electron chi connectivity index (χ2n) is 4.36. The van der Waals surface area contributed by atoms with Crippen LogP contribution in [0.3, 0.4) is 0 Å². The first-order valence-electron chi connectivity index (χ1n) is 5.61. The molecular weight excluding hydrogens is 204 g/mol. The molecule has 0 saturated heterocycles. The first-order chi connectivity index (χ1) is 7.08. The second-order valence-corrected chi connectivity index (χ2v) is 5.64. The number of hydrogen-bond donors (Lipinski definition) is 2. The van der Waals surface area contributed by atoms with Gasteiger partial charge in [-0.15, -0.1) is 11.3 Å². The number of aryl methyl sites for hydroxylation is 2. The van der Waals surface area contributed by atoms with Crippen LogP contribution < -0.4 is 11.3 Å². The van der Waals surface area contributed by atoms with Crippen LogP contribution in [0, 0.1) is 19.8 Å². The van der Waals surface area contributed by atoms with E-state index in [2.05, 4.69) is 39.2 Å². The van der Waals surface area contributed by atoms with Crippen molar-refractivity contribution >= 4 is 11.3 Å². The van der Waals surface area contributed by atoms with Gasteiger partial charge < -0.3 is 0 Å². The summed E-state index contributed by atoms with van der Waals surface area (Å²) in [5.74, 6) is 6.34. The summed E-state index contributed by atoms with van der Waals surface area (Å²) >= 11 is 1.86. The van der Waals surface area contributed by atoms with Crippen molar-refractivity contribution in [3.63, 3.8) is 0 Å². The van der Waals surface area contributed by atoms with Crippen molar-refractivity contribution < 1.29 is 0 Å². The lowest BCUT2D eigenvalue weighted by molar-refractivity contribution is 0.412. The molecule has 0 bridgehead atoms. The quantitative estimate of drug-likeness (QED) is 0.597. The van der Waals surface area contributed by atoms with Crippen molar-refractivity contribution in [2.24, 2.45) is 11.8 Å². The summed E-state index contributed by atoms with van der Waals surface area (Å²) < 4.78 is 0. The fourth-order valence-electron chi connectivity index (χ4n) is 1.61. The van der Waals surface area contributed by atoms with E-state index < -0.39 is 0 Å². The van der Waals surface area contributed by atoms with Crippen molar-refractivity contribution in [2.45, 2.75) is 46.6 Å². The minimum absolute atomic E-state index is 0.317. The largest absolute Gasteiger partial charge is 0.271 e. The molecule has 15 heavy (non-hydrogen) atoms. The predicted molar refractivity (Wildman–Crippen MR) is 67.9 cm³/mol. The number of hydrazine groups is 1. The van der Waals surface area contributed by atoms with Crippen molar-refractivity contribution in [2.75, 3.05) is 0 Å². The molecule has 2 unspecified atom stereocenters. The van der Waals surface area contributed by atoms with E-state index in [1.165, 1.54) is 21.7 Å². The highest BCUT2D eigenvalue weighted by molar-refractivity contribution is 7.12. The third kappa shape index (κ3) is 3.30. The Morgan fingerprint density at radius 1 is 1.47 bits per heavy atom. The minimum Gasteiger partial charge on any atom is -0.271 e. The minimum atomic E-state index is 0.317. The number of nitrogens with one attached hydrogen (secondary N) is 1. The van der Waals surface area contributed by atoms with E-state index in [0.717, 1.165) is 6.42 Å². The smallest absolute Gasteiger partial charge is 0.0556 e. The normalized spacial score (nSPS) is 15.3. The molecule has 0 fully saturated rings. The molecular formula is C12H22N2S. The summed E-state index contributed by atoms with van der Waals surface area (Å²) in [4.78, 5) is 2.77. The molecule has 0 radical (unpaired) electrons. The van der Waals surface area contributed by atoms with E-state index >= 15 is 0 Å². The molecule has 0 aliphatic carbocycles. The summed E-state index contributed by atoms with van der Waals surface area (Å²) in [5, 5.41) is 0. The lowest BCUT2D eigenvalue weighted by atomic mass is 9.98. The van der Waals surface area contributed by atoms with Gasteiger partial charge in [0.1, 0.15) is 0 Å². The van der Waals surface area contributed by atoms with E-state index in [-0.39, 0.29) is 0 Å². The molecule has 2 nitrogen and oxygen atoms in total. The average Bonchev–Trinajstić information content (AvgIpc) is 2.55. The zero-order valence-corrected chi connectivity index (χ0v) is 10.9. The van der Waals surface area contributed by atoms with Crippen LogP contribution in [0.2, 0.25) is 0 Å². The lowest BCUT2D eigenvalue weighted by Gasteiger charge is -2.17. The van der Waals surface area contributed by atoms with Crippen molar-refractivity contribution in [3.8, 4) is 0 Å². The third-order valence-electron chi connectivity index (χ3n) is 3.06. The van der Waals surface area contributed by atoms with Gasteiger partial charge in [-0.1, -0.05) is 20.3 Å². The highest BCUT2D eigenvalue weighted by atomic mass is 32.1. The van der Waals surface area contributed by atoms with Crippen LogP contribution >= 0.6 is 11.3 Å². The average molecular weight is 226 g/mol. The summed E-state index contributed by atoms with van der Waals surface area (Å²) in [5.41, 5.74) is 4.31. The fraction of sp³-hybridized carbons (Fsp3) is 0.667. The summed E-state index contributed by atoms with van der Waals surface area (Å²) in [7, 11) is 0. The molecule has 0 aromatic carbocycles. The van der Waals surface area contributed by atoms with Gasteiger partial charge >= 0.3 is 0 Å². The molecule has 3 heteroatoms. The van der Waals surface area contributed by atoms with Crippen LogP contribution in [-0.2, 0) is 0 Å². The van der Waals surface area contributed by atoms with Gasteiger partial charge in [-0.05, 0) is 37.8 Å². The number of hydrogen-bond acceptors (Lipinski definition) is 3. The molecule has 3 N–H and O–H groups in total. The monoisotopic (exact) mass is 226 g/mol. The molecule has 0 saturated carbocycles. The van der Waals surface area contributed by atoms with E-state index in [0.29, 0.717) is 12.0 Å². The van der Waals surface area contributed by atoms with Crippen molar-refractivity contribution in [1.29, 1.82) is 0 Å². The Labute approximate surface area is 96.9 Å². The maximum absolute atomic E-state index is 5.62. The highest BCUT2D eigenvalue weighted by Gasteiger charge is 2.15. The van der Waals surface area contributed by atoms with Crippen molar-refractivity contribution in [3.05, 3.63) is 21.4 Å². The molecule has 0 spiro atoms. The predicted octanol–water partition coefficient (Wildman–Crippen LogP) is 3.31. The maximum atomic E-state index is 5.62. The van der Waals surface area contributed by atoms with E-state index in [9.17, 15) is 0 Å². The van der Waals surface area contributed by atoms with Gasteiger partial charge in [-0.2, -0.15) is 0 Å². The van der Waals surface area contributed by atoms with Crippen LogP contribution in [-0.4, -0.2) is 0 Å². The van der Waals surface area contributed by atoms with Crippen LogP contribution in [0.1, 0.15) is 48.0 Å². The van der Waals surface area contributed by atoms with E-state index in [4.69, 9.17) is 5.84 Å². The van der Waals surface area contributed by atoms with Crippen LogP contribution in [0.5, 0.6) is 0 Å². The van der Waals surface area contributed by atoms with E-state index in [1.807, 2.05) is 11.3 Å². The van der Waals surface area contributed by atoms with Crippen molar-refractivity contribution in [1.82, 2.24) is 5.43 Å². The van der Waals surface area contributed by atoms with Gasteiger partial charge in [0.25, 0.3) is 0 Å². The Kier molecular flexibility index (Phi) is 4.77. The van der Waals surface area contributed by atoms with Gasteiger partial charge in [-0.3, -0.25) is 11.3 Å². The van der Waals surface area contributed by atoms with Gasteiger partial charge in [0.2, 0.25) is 0 Å². The Bertz CT molecular complexity index is 287. The zero-order chi connectivity index (χ0) is 11.4.